The molecule has 1 aromatic rings. The molecule has 110 valence electrons. The first-order valence-electron chi connectivity index (χ1n) is 7.32. The predicted molar refractivity (Wildman–Crippen MR) is 78.5 cm³/mol. The summed E-state index contributed by atoms with van der Waals surface area (Å²) < 4.78 is 4.67. The van der Waals surface area contributed by atoms with Gasteiger partial charge >= 0.3 is 5.97 Å². The molecule has 1 fully saturated rings. The average Bonchev–Trinajstić information content (AvgIpc) is 2.50. The molecule has 0 amide bonds. The number of pyridine rings is 1. The van der Waals surface area contributed by atoms with E-state index in [0.29, 0.717) is 11.0 Å². The molecule has 1 aliphatic rings. The summed E-state index contributed by atoms with van der Waals surface area (Å²) >= 11 is 0. The van der Waals surface area contributed by atoms with E-state index in [-0.39, 0.29) is 5.97 Å². The number of carbonyl (C=O) groups is 1. The summed E-state index contributed by atoms with van der Waals surface area (Å²) in [5.74, 6) is -0.333. The van der Waals surface area contributed by atoms with Gasteiger partial charge in [-0.3, -0.25) is 9.88 Å². The quantitative estimate of drug-likeness (QED) is 0.793. The van der Waals surface area contributed by atoms with E-state index in [1.165, 1.54) is 26.4 Å². The van der Waals surface area contributed by atoms with Crippen LogP contribution in [0, 0.1) is 5.41 Å². The monoisotopic (exact) mass is 276 g/mol. The van der Waals surface area contributed by atoms with E-state index >= 15 is 0 Å². The molecule has 0 N–H and O–H groups in total. The van der Waals surface area contributed by atoms with Crippen molar-refractivity contribution in [3.8, 4) is 0 Å². The SMILES string of the molecule is CCC1(C)CCN(Cc2ccc(C(=O)OC)cn2)CC1. The van der Waals surface area contributed by atoms with E-state index in [1.54, 1.807) is 12.3 Å². The Labute approximate surface area is 121 Å². The van der Waals surface area contributed by atoms with Crippen LogP contribution in [-0.2, 0) is 11.3 Å². The van der Waals surface area contributed by atoms with E-state index in [1.807, 2.05) is 6.07 Å². The lowest BCUT2D eigenvalue weighted by Gasteiger charge is -2.38. The molecule has 0 aliphatic carbocycles. The largest absolute Gasteiger partial charge is 0.465 e. The fourth-order valence-electron chi connectivity index (χ4n) is 2.59. The molecule has 0 spiro atoms. The highest BCUT2D eigenvalue weighted by molar-refractivity contribution is 5.88. The second kappa shape index (κ2) is 6.35. The molecule has 4 nitrogen and oxygen atoms in total. The molecule has 4 heteroatoms. The Morgan fingerprint density at radius 2 is 2.10 bits per heavy atom. The molecule has 1 saturated heterocycles. The summed E-state index contributed by atoms with van der Waals surface area (Å²) in [5.41, 5.74) is 2.03. The number of hydrogen-bond acceptors (Lipinski definition) is 4. The van der Waals surface area contributed by atoms with E-state index in [9.17, 15) is 4.79 Å². The molecule has 0 saturated carbocycles. The molecule has 0 bridgehead atoms. The highest BCUT2D eigenvalue weighted by Gasteiger charge is 2.28. The number of carbonyl (C=O) groups excluding carboxylic acids is 1. The molecule has 0 atom stereocenters. The number of esters is 1. The van der Waals surface area contributed by atoms with E-state index in [0.717, 1.165) is 25.3 Å². The van der Waals surface area contributed by atoms with Gasteiger partial charge in [0.25, 0.3) is 0 Å². The van der Waals surface area contributed by atoms with Gasteiger partial charge in [0, 0.05) is 12.7 Å². The number of nitrogens with zero attached hydrogens (tertiary/aromatic N) is 2. The smallest absolute Gasteiger partial charge is 0.339 e. The molecule has 0 radical (unpaired) electrons. The van der Waals surface area contributed by atoms with Gasteiger partial charge in [-0.15, -0.1) is 0 Å². The number of likely N-dealkylation sites (tertiary alicyclic amines) is 1. The molecule has 1 aliphatic heterocycles. The van der Waals surface area contributed by atoms with Gasteiger partial charge < -0.3 is 4.74 Å². The zero-order valence-corrected chi connectivity index (χ0v) is 12.7. The molecule has 0 aromatic carbocycles. The van der Waals surface area contributed by atoms with Crippen LogP contribution in [-0.4, -0.2) is 36.1 Å². The van der Waals surface area contributed by atoms with Crippen LogP contribution >= 0.6 is 0 Å². The molecule has 0 unspecified atom stereocenters. The van der Waals surface area contributed by atoms with Crippen LogP contribution in [0.5, 0.6) is 0 Å². The molecule has 1 aromatic heterocycles. The Morgan fingerprint density at radius 3 is 2.60 bits per heavy atom. The Kier molecular flexibility index (Phi) is 4.76. The Bertz CT molecular complexity index is 448. The van der Waals surface area contributed by atoms with E-state index in [4.69, 9.17) is 0 Å². The van der Waals surface area contributed by atoms with Gasteiger partial charge in [-0.25, -0.2) is 4.79 Å². The minimum atomic E-state index is -0.333. The van der Waals surface area contributed by atoms with Crippen molar-refractivity contribution in [2.75, 3.05) is 20.2 Å². The molecule has 20 heavy (non-hydrogen) atoms. The maximum Gasteiger partial charge on any atom is 0.339 e. The zero-order chi connectivity index (χ0) is 14.6. The first kappa shape index (κ1) is 15.0. The Morgan fingerprint density at radius 1 is 1.40 bits per heavy atom. The number of piperidine rings is 1. The number of methoxy groups -OCH3 is 1. The summed E-state index contributed by atoms with van der Waals surface area (Å²) in [6, 6.07) is 3.70. The van der Waals surface area contributed by atoms with Crippen molar-refractivity contribution < 1.29 is 9.53 Å². The van der Waals surface area contributed by atoms with E-state index in [2.05, 4.69) is 28.5 Å². The number of aromatic nitrogens is 1. The van der Waals surface area contributed by atoms with Crippen LogP contribution in [0.2, 0.25) is 0 Å². The van der Waals surface area contributed by atoms with Gasteiger partial charge in [0.05, 0.1) is 18.4 Å². The summed E-state index contributed by atoms with van der Waals surface area (Å²) in [4.78, 5) is 18.1. The van der Waals surface area contributed by atoms with Crippen molar-refractivity contribution in [2.45, 2.75) is 39.7 Å². The van der Waals surface area contributed by atoms with Gasteiger partial charge in [0.2, 0.25) is 0 Å². The maximum absolute atomic E-state index is 11.3. The van der Waals surface area contributed by atoms with Crippen molar-refractivity contribution >= 4 is 5.97 Å². The topological polar surface area (TPSA) is 42.4 Å². The van der Waals surface area contributed by atoms with Crippen molar-refractivity contribution in [1.29, 1.82) is 0 Å². The second-order valence-corrected chi connectivity index (χ2v) is 5.97. The average molecular weight is 276 g/mol. The fourth-order valence-corrected chi connectivity index (χ4v) is 2.59. The summed E-state index contributed by atoms with van der Waals surface area (Å²) in [5, 5.41) is 0. The summed E-state index contributed by atoms with van der Waals surface area (Å²) in [7, 11) is 1.38. The van der Waals surface area contributed by atoms with Crippen LogP contribution < -0.4 is 0 Å². The minimum Gasteiger partial charge on any atom is -0.465 e. The predicted octanol–water partition coefficient (Wildman–Crippen LogP) is 2.88. The van der Waals surface area contributed by atoms with Gasteiger partial charge in [-0.05, 0) is 43.5 Å². The summed E-state index contributed by atoms with van der Waals surface area (Å²) in [6.45, 7) is 7.79. The molecule has 2 rings (SSSR count). The normalized spacial score (nSPS) is 18.8. The minimum absolute atomic E-state index is 0.333. The van der Waals surface area contributed by atoms with Gasteiger partial charge in [0.15, 0.2) is 0 Å². The molecule has 2 heterocycles. The third kappa shape index (κ3) is 3.57. The fraction of sp³-hybridized carbons (Fsp3) is 0.625. The maximum atomic E-state index is 11.3. The summed E-state index contributed by atoms with van der Waals surface area (Å²) in [6.07, 6.45) is 5.36. The van der Waals surface area contributed by atoms with Gasteiger partial charge in [-0.2, -0.15) is 0 Å². The number of rotatable bonds is 4. The van der Waals surface area contributed by atoms with Crippen molar-refractivity contribution in [1.82, 2.24) is 9.88 Å². The first-order valence-corrected chi connectivity index (χ1v) is 7.32. The van der Waals surface area contributed by atoms with Crippen molar-refractivity contribution in [2.24, 2.45) is 5.41 Å². The highest BCUT2D eigenvalue weighted by Crippen LogP contribution is 2.34. The van der Waals surface area contributed by atoms with Crippen molar-refractivity contribution in [3.63, 3.8) is 0 Å². The number of hydrogen-bond donors (Lipinski definition) is 0. The van der Waals surface area contributed by atoms with Crippen LogP contribution in [0.15, 0.2) is 18.3 Å². The van der Waals surface area contributed by atoms with Gasteiger partial charge in [-0.1, -0.05) is 20.3 Å². The van der Waals surface area contributed by atoms with Gasteiger partial charge in [0.1, 0.15) is 0 Å². The Balaban J connectivity index is 1.90. The van der Waals surface area contributed by atoms with Crippen LogP contribution in [0.25, 0.3) is 0 Å². The van der Waals surface area contributed by atoms with Crippen LogP contribution in [0.3, 0.4) is 0 Å². The standard InChI is InChI=1S/C16H24N2O2/c1-4-16(2)7-9-18(10-8-16)12-14-6-5-13(11-17-14)15(19)20-3/h5-6,11H,4,7-10,12H2,1-3H3. The molecular weight excluding hydrogens is 252 g/mol. The third-order valence-corrected chi connectivity index (χ3v) is 4.55. The highest BCUT2D eigenvalue weighted by atomic mass is 16.5. The van der Waals surface area contributed by atoms with Crippen LogP contribution in [0.1, 0.15) is 49.2 Å². The first-order chi connectivity index (χ1) is 9.56. The zero-order valence-electron chi connectivity index (χ0n) is 12.7. The lowest BCUT2D eigenvalue weighted by atomic mass is 9.78. The second-order valence-electron chi connectivity index (χ2n) is 5.97. The number of ether oxygens (including phenoxy) is 1. The Hall–Kier alpha value is -1.42. The van der Waals surface area contributed by atoms with E-state index < -0.39 is 0 Å². The lowest BCUT2D eigenvalue weighted by Crippen LogP contribution is -2.38. The van der Waals surface area contributed by atoms with Crippen molar-refractivity contribution in [3.05, 3.63) is 29.6 Å². The lowest BCUT2D eigenvalue weighted by molar-refractivity contribution is 0.0600. The van der Waals surface area contributed by atoms with Crippen LogP contribution in [0.4, 0.5) is 0 Å². The molecular formula is C16H24N2O2. The third-order valence-electron chi connectivity index (χ3n) is 4.55.